The van der Waals surface area contributed by atoms with Crippen LogP contribution in [0.4, 0.5) is 0 Å². The maximum atomic E-state index is 10.8. The Bertz CT molecular complexity index is 510. The Kier molecular flexibility index (Phi) is 5.28. The average molecular weight is 303 g/mol. The first-order valence-corrected chi connectivity index (χ1v) is 8.34. The number of carboxylic acid groups (broad SMARTS) is 1. The Morgan fingerprint density at radius 1 is 1.27 bits per heavy atom. The van der Waals surface area contributed by atoms with Crippen molar-refractivity contribution in [2.24, 2.45) is 17.1 Å². The largest absolute Gasteiger partial charge is 0.481 e. The fraction of sp³-hybridized carbons (Fsp3) is 0.632. The molecule has 1 atom stereocenters. The van der Waals surface area contributed by atoms with Crippen LogP contribution in [0.1, 0.15) is 76.0 Å². The molecule has 1 aliphatic carbocycles. The van der Waals surface area contributed by atoms with E-state index in [9.17, 15) is 4.79 Å². The number of carbonyl (C=O) groups is 1. The van der Waals surface area contributed by atoms with Gasteiger partial charge in [-0.25, -0.2) is 0 Å². The summed E-state index contributed by atoms with van der Waals surface area (Å²) in [5, 5.41) is 8.89. The van der Waals surface area contributed by atoms with Gasteiger partial charge in [-0.05, 0) is 54.1 Å². The quantitative estimate of drug-likeness (QED) is 0.862. The van der Waals surface area contributed by atoms with Gasteiger partial charge in [-0.3, -0.25) is 4.79 Å². The lowest BCUT2D eigenvalue weighted by Gasteiger charge is -2.37. The maximum Gasteiger partial charge on any atom is 0.305 e. The highest BCUT2D eigenvalue weighted by molar-refractivity contribution is 5.67. The normalized spacial score (nSPS) is 24.0. The third-order valence-electron chi connectivity index (χ3n) is 5.16. The molecule has 1 fully saturated rings. The molecule has 3 heteroatoms. The molecule has 0 heterocycles. The fourth-order valence-corrected chi connectivity index (χ4v) is 3.64. The van der Waals surface area contributed by atoms with Gasteiger partial charge in [0.05, 0.1) is 6.42 Å². The predicted octanol–water partition coefficient (Wildman–Crippen LogP) is 4.48. The van der Waals surface area contributed by atoms with Crippen LogP contribution >= 0.6 is 0 Å². The summed E-state index contributed by atoms with van der Waals surface area (Å²) in [4.78, 5) is 10.8. The molecule has 1 aliphatic rings. The van der Waals surface area contributed by atoms with E-state index in [4.69, 9.17) is 10.8 Å². The molecule has 22 heavy (non-hydrogen) atoms. The van der Waals surface area contributed by atoms with E-state index < -0.39 is 12.0 Å². The lowest BCUT2D eigenvalue weighted by Crippen LogP contribution is -2.25. The van der Waals surface area contributed by atoms with E-state index in [1.165, 1.54) is 31.2 Å². The Labute approximate surface area is 133 Å². The lowest BCUT2D eigenvalue weighted by atomic mass is 9.68. The van der Waals surface area contributed by atoms with E-state index in [0.29, 0.717) is 11.3 Å². The monoisotopic (exact) mass is 303 g/mol. The van der Waals surface area contributed by atoms with Crippen LogP contribution in [0, 0.1) is 11.3 Å². The number of carboxylic acids is 1. The molecule has 0 radical (unpaired) electrons. The highest BCUT2D eigenvalue weighted by Gasteiger charge is 2.30. The van der Waals surface area contributed by atoms with Crippen LogP contribution in [0.2, 0.25) is 0 Å². The van der Waals surface area contributed by atoms with E-state index >= 15 is 0 Å². The van der Waals surface area contributed by atoms with E-state index in [2.05, 4.69) is 32.9 Å². The Morgan fingerprint density at radius 2 is 1.91 bits per heavy atom. The molecule has 0 saturated heterocycles. The standard InChI is InChI=1S/C19H29NO2/c1-19(2,3)16-9-7-13(8-10-16)14-5-4-6-15(11-14)17(20)12-18(21)22/h4-6,11,13,16-17H,7-10,12,20H2,1-3H3,(H,21,22). The predicted molar refractivity (Wildman–Crippen MR) is 89.8 cm³/mol. The summed E-state index contributed by atoms with van der Waals surface area (Å²) in [6, 6.07) is 7.83. The molecular weight excluding hydrogens is 274 g/mol. The molecule has 3 N–H and O–H groups in total. The second kappa shape index (κ2) is 6.82. The molecule has 1 saturated carbocycles. The zero-order chi connectivity index (χ0) is 16.3. The van der Waals surface area contributed by atoms with Crippen molar-refractivity contribution < 1.29 is 9.90 Å². The Hall–Kier alpha value is -1.35. The molecule has 0 aromatic heterocycles. The zero-order valence-corrected chi connectivity index (χ0v) is 14.0. The molecule has 1 aromatic carbocycles. The van der Waals surface area contributed by atoms with Gasteiger partial charge < -0.3 is 10.8 Å². The summed E-state index contributed by atoms with van der Waals surface area (Å²) in [5.74, 6) is 0.556. The third-order valence-corrected chi connectivity index (χ3v) is 5.16. The molecule has 0 amide bonds. The van der Waals surface area contributed by atoms with Crippen LogP contribution in [-0.2, 0) is 4.79 Å². The lowest BCUT2D eigenvalue weighted by molar-refractivity contribution is -0.137. The minimum Gasteiger partial charge on any atom is -0.481 e. The van der Waals surface area contributed by atoms with E-state index in [-0.39, 0.29) is 6.42 Å². The highest BCUT2D eigenvalue weighted by atomic mass is 16.4. The van der Waals surface area contributed by atoms with Crippen LogP contribution in [-0.4, -0.2) is 11.1 Å². The van der Waals surface area contributed by atoms with Gasteiger partial charge in [0.1, 0.15) is 0 Å². The fourth-order valence-electron chi connectivity index (χ4n) is 3.64. The van der Waals surface area contributed by atoms with Crippen molar-refractivity contribution in [1.29, 1.82) is 0 Å². The second-order valence-electron chi connectivity index (χ2n) is 7.79. The van der Waals surface area contributed by atoms with Gasteiger partial charge in [0.2, 0.25) is 0 Å². The maximum absolute atomic E-state index is 10.8. The van der Waals surface area contributed by atoms with E-state index in [1.807, 2.05) is 12.1 Å². The number of hydrogen-bond acceptors (Lipinski definition) is 2. The van der Waals surface area contributed by atoms with Gasteiger partial charge in [0.25, 0.3) is 0 Å². The topological polar surface area (TPSA) is 63.3 Å². The van der Waals surface area contributed by atoms with Gasteiger partial charge in [0, 0.05) is 6.04 Å². The summed E-state index contributed by atoms with van der Waals surface area (Å²) in [5.41, 5.74) is 8.66. The van der Waals surface area contributed by atoms with Crippen molar-refractivity contribution in [3.8, 4) is 0 Å². The average Bonchev–Trinajstić information content (AvgIpc) is 2.46. The Balaban J connectivity index is 2.03. The molecular formula is C19H29NO2. The molecule has 3 nitrogen and oxygen atoms in total. The van der Waals surface area contributed by atoms with Gasteiger partial charge in [-0.15, -0.1) is 0 Å². The minimum atomic E-state index is -0.844. The molecule has 0 spiro atoms. The highest BCUT2D eigenvalue weighted by Crippen LogP contribution is 2.43. The van der Waals surface area contributed by atoms with Gasteiger partial charge in [-0.2, -0.15) is 0 Å². The molecule has 2 rings (SSSR count). The SMILES string of the molecule is CC(C)(C)C1CCC(c2cccc(C(N)CC(=O)O)c2)CC1. The number of hydrogen-bond donors (Lipinski definition) is 2. The third kappa shape index (κ3) is 4.33. The summed E-state index contributed by atoms with van der Waals surface area (Å²) in [7, 11) is 0. The van der Waals surface area contributed by atoms with E-state index in [0.717, 1.165) is 11.5 Å². The smallest absolute Gasteiger partial charge is 0.305 e. The second-order valence-corrected chi connectivity index (χ2v) is 7.79. The van der Waals surface area contributed by atoms with Crippen LogP contribution < -0.4 is 5.73 Å². The van der Waals surface area contributed by atoms with Crippen molar-refractivity contribution in [3.05, 3.63) is 35.4 Å². The van der Waals surface area contributed by atoms with Crippen molar-refractivity contribution in [2.75, 3.05) is 0 Å². The summed E-state index contributed by atoms with van der Waals surface area (Å²) < 4.78 is 0. The number of nitrogens with two attached hydrogens (primary N) is 1. The molecule has 0 bridgehead atoms. The van der Waals surface area contributed by atoms with Gasteiger partial charge in [0.15, 0.2) is 0 Å². The summed E-state index contributed by atoms with van der Waals surface area (Å²) in [6.45, 7) is 7.01. The summed E-state index contributed by atoms with van der Waals surface area (Å²) >= 11 is 0. The van der Waals surface area contributed by atoms with E-state index in [1.54, 1.807) is 0 Å². The Morgan fingerprint density at radius 3 is 2.45 bits per heavy atom. The number of rotatable bonds is 4. The van der Waals surface area contributed by atoms with Crippen LogP contribution in [0.5, 0.6) is 0 Å². The van der Waals surface area contributed by atoms with Crippen LogP contribution in [0.25, 0.3) is 0 Å². The van der Waals surface area contributed by atoms with Crippen molar-refractivity contribution in [2.45, 2.75) is 64.8 Å². The van der Waals surface area contributed by atoms with Crippen LogP contribution in [0.15, 0.2) is 24.3 Å². The molecule has 1 aromatic rings. The number of aliphatic carboxylic acids is 1. The molecule has 0 aliphatic heterocycles. The van der Waals surface area contributed by atoms with Gasteiger partial charge >= 0.3 is 5.97 Å². The first kappa shape index (κ1) is 17.0. The van der Waals surface area contributed by atoms with Crippen LogP contribution in [0.3, 0.4) is 0 Å². The summed E-state index contributed by atoms with van der Waals surface area (Å²) in [6.07, 6.45) is 4.98. The van der Waals surface area contributed by atoms with Crippen molar-refractivity contribution in [1.82, 2.24) is 0 Å². The minimum absolute atomic E-state index is 0.0137. The van der Waals surface area contributed by atoms with Crippen molar-refractivity contribution >= 4 is 5.97 Å². The zero-order valence-electron chi connectivity index (χ0n) is 14.0. The van der Waals surface area contributed by atoms with Gasteiger partial charge in [-0.1, -0.05) is 45.0 Å². The van der Waals surface area contributed by atoms with Crippen molar-refractivity contribution in [3.63, 3.8) is 0 Å². The molecule has 122 valence electrons. The first-order chi connectivity index (χ1) is 10.3. The molecule has 1 unspecified atom stereocenters. The first-order valence-electron chi connectivity index (χ1n) is 8.34. The number of benzene rings is 1.